The Morgan fingerprint density at radius 2 is 1.79 bits per heavy atom. The van der Waals surface area contributed by atoms with Crippen molar-refractivity contribution in [3.8, 4) is 17.6 Å². The number of benzene rings is 2. The molecule has 3 atom stereocenters. The smallest absolute Gasteiger partial charge is 0.426 e. The van der Waals surface area contributed by atoms with Gasteiger partial charge in [-0.2, -0.15) is 18.4 Å². The van der Waals surface area contributed by atoms with Gasteiger partial charge in [0.05, 0.1) is 12.0 Å². The van der Waals surface area contributed by atoms with E-state index >= 15 is 0 Å². The van der Waals surface area contributed by atoms with Crippen LogP contribution in [0.4, 0.5) is 13.2 Å². The van der Waals surface area contributed by atoms with Gasteiger partial charge in [0.25, 0.3) is 0 Å². The van der Waals surface area contributed by atoms with Crippen molar-refractivity contribution in [2.45, 2.75) is 25.9 Å². The summed E-state index contributed by atoms with van der Waals surface area (Å²) in [5, 5.41) is 8.61. The van der Waals surface area contributed by atoms with Crippen LogP contribution < -0.4 is 4.74 Å². The fraction of sp³-hybridized carbons (Fsp3) is 0.318. The highest BCUT2D eigenvalue weighted by atomic mass is 35.5. The molecule has 1 aliphatic carbocycles. The standard InChI is InChI=1S/C22H19ClF3NO/c1-21(2)18(12-19(23)22(24,25)26)20(21)17(13-27)14-7-6-10-16(11-14)28-15-8-4-3-5-9-15/h3-12,17-18,20H,1-2H3/t17?,18?,20-/m1/s1. The van der Waals surface area contributed by atoms with Crippen LogP contribution in [0.5, 0.6) is 11.5 Å². The van der Waals surface area contributed by atoms with Crippen LogP contribution in [0.1, 0.15) is 25.3 Å². The first-order chi connectivity index (χ1) is 13.1. The predicted molar refractivity (Wildman–Crippen MR) is 102 cm³/mol. The number of hydrogen-bond acceptors (Lipinski definition) is 2. The molecule has 0 saturated heterocycles. The van der Waals surface area contributed by atoms with Gasteiger partial charge in [-0.1, -0.05) is 61.9 Å². The second-order valence-corrected chi connectivity index (χ2v) is 7.89. The van der Waals surface area contributed by atoms with Crippen LogP contribution in [-0.2, 0) is 0 Å². The second-order valence-electron chi connectivity index (χ2n) is 7.48. The number of para-hydroxylation sites is 1. The van der Waals surface area contributed by atoms with E-state index in [9.17, 15) is 18.4 Å². The lowest BCUT2D eigenvalue weighted by Crippen LogP contribution is -2.07. The lowest BCUT2D eigenvalue weighted by molar-refractivity contribution is -0.0848. The van der Waals surface area contributed by atoms with E-state index in [0.29, 0.717) is 17.1 Å². The molecule has 0 radical (unpaired) electrons. The van der Waals surface area contributed by atoms with Crippen molar-refractivity contribution in [1.29, 1.82) is 5.26 Å². The fourth-order valence-corrected chi connectivity index (χ4v) is 3.82. The third kappa shape index (κ3) is 4.18. The molecule has 6 heteroatoms. The number of alkyl halides is 3. The number of hydrogen-bond donors (Lipinski definition) is 0. The van der Waals surface area contributed by atoms with Crippen LogP contribution in [0.25, 0.3) is 0 Å². The average molecular weight is 406 g/mol. The number of nitrogens with zero attached hydrogens (tertiary/aromatic N) is 1. The van der Waals surface area contributed by atoms with Gasteiger partial charge in [-0.05, 0) is 47.1 Å². The van der Waals surface area contributed by atoms with Gasteiger partial charge in [0, 0.05) is 0 Å². The topological polar surface area (TPSA) is 33.0 Å². The quantitative estimate of drug-likeness (QED) is 0.534. The van der Waals surface area contributed by atoms with E-state index < -0.39 is 28.5 Å². The molecule has 2 aromatic carbocycles. The molecule has 3 rings (SSSR count). The molecule has 1 aliphatic rings. The largest absolute Gasteiger partial charge is 0.457 e. The van der Waals surface area contributed by atoms with Crippen molar-refractivity contribution >= 4 is 11.6 Å². The highest BCUT2D eigenvalue weighted by molar-refractivity contribution is 6.30. The molecule has 1 saturated carbocycles. The number of nitriles is 1. The summed E-state index contributed by atoms with van der Waals surface area (Å²) in [5.41, 5.74) is 0.260. The van der Waals surface area contributed by atoms with Gasteiger partial charge in [0.15, 0.2) is 0 Å². The molecular weight excluding hydrogens is 387 g/mol. The van der Waals surface area contributed by atoms with Gasteiger partial charge in [-0.15, -0.1) is 0 Å². The monoisotopic (exact) mass is 405 g/mol. The van der Waals surface area contributed by atoms with Crippen molar-refractivity contribution in [3.05, 3.63) is 71.3 Å². The van der Waals surface area contributed by atoms with E-state index in [-0.39, 0.29) is 5.92 Å². The third-order valence-corrected chi connectivity index (χ3v) is 5.63. The van der Waals surface area contributed by atoms with Crippen molar-refractivity contribution in [3.63, 3.8) is 0 Å². The van der Waals surface area contributed by atoms with Crippen molar-refractivity contribution in [2.75, 3.05) is 0 Å². The second kappa shape index (κ2) is 7.52. The number of allylic oxidation sites excluding steroid dienone is 2. The molecule has 0 aliphatic heterocycles. The van der Waals surface area contributed by atoms with Crippen LogP contribution in [0.15, 0.2) is 65.7 Å². The molecule has 0 heterocycles. The molecule has 1 fully saturated rings. The summed E-state index contributed by atoms with van der Waals surface area (Å²) in [6, 6.07) is 18.6. The van der Waals surface area contributed by atoms with Crippen LogP contribution >= 0.6 is 11.6 Å². The molecular formula is C22H19ClF3NO. The minimum absolute atomic E-state index is 0.263. The first kappa shape index (κ1) is 20.3. The fourth-order valence-electron chi connectivity index (χ4n) is 3.68. The molecule has 0 N–H and O–H groups in total. The maximum absolute atomic E-state index is 12.8. The Balaban J connectivity index is 1.84. The zero-order valence-electron chi connectivity index (χ0n) is 15.4. The van der Waals surface area contributed by atoms with Gasteiger partial charge in [-0.25, -0.2) is 0 Å². The van der Waals surface area contributed by atoms with Crippen molar-refractivity contribution < 1.29 is 17.9 Å². The van der Waals surface area contributed by atoms with Crippen molar-refractivity contribution in [2.24, 2.45) is 17.3 Å². The summed E-state index contributed by atoms with van der Waals surface area (Å²) in [4.78, 5) is 0. The molecule has 0 spiro atoms. The van der Waals surface area contributed by atoms with E-state index in [0.717, 1.165) is 6.08 Å². The third-order valence-electron chi connectivity index (χ3n) is 5.29. The Bertz CT molecular complexity index is 915. The van der Waals surface area contributed by atoms with E-state index in [1.54, 1.807) is 24.3 Å². The van der Waals surface area contributed by atoms with Crippen molar-refractivity contribution in [1.82, 2.24) is 0 Å². The van der Waals surface area contributed by atoms with Crippen LogP contribution in [0.2, 0.25) is 0 Å². The molecule has 2 unspecified atom stereocenters. The van der Waals surface area contributed by atoms with Crippen LogP contribution in [0.3, 0.4) is 0 Å². The maximum atomic E-state index is 12.8. The summed E-state index contributed by atoms with van der Waals surface area (Å²) in [6.07, 6.45) is -3.53. The van der Waals surface area contributed by atoms with E-state index in [1.165, 1.54) is 0 Å². The van der Waals surface area contributed by atoms with E-state index in [2.05, 4.69) is 6.07 Å². The van der Waals surface area contributed by atoms with Gasteiger partial charge in [0.2, 0.25) is 0 Å². The molecule has 0 aromatic heterocycles. The van der Waals surface area contributed by atoms with Gasteiger partial charge in [0.1, 0.15) is 16.5 Å². The Hall–Kier alpha value is -2.45. The van der Waals surface area contributed by atoms with Gasteiger partial charge >= 0.3 is 6.18 Å². The molecule has 2 nitrogen and oxygen atoms in total. The zero-order chi connectivity index (χ0) is 20.5. The first-order valence-corrected chi connectivity index (χ1v) is 9.19. The average Bonchev–Trinajstić information content (AvgIpc) is 3.16. The van der Waals surface area contributed by atoms with Gasteiger partial charge in [-0.3, -0.25) is 0 Å². The SMILES string of the molecule is CC1(C)C(C=C(Cl)C(F)(F)F)[C@H]1C(C#N)c1cccc(Oc2ccccc2)c1. The predicted octanol–water partition coefficient (Wildman–Crippen LogP) is 7.04. The highest BCUT2D eigenvalue weighted by Crippen LogP contribution is 2.65. The molecule has 0 amide bonds. The summed E-state index contributed by atoms with van der Waals surface area (Å²) in [6.45, 7) is 3.71. The minimum Gasteiger partial charge on any atom is -0.457 e. The maximum Gasteiger partial charge on any atom is 0.426 e. The Labute approximate surface area is 167 Å². The number of ether oxygens (including phenoxy) is 1. The lowest BCUT2D eigenvalue weighted by atomic mass is 9.91. The normalized spacial score (nSPS) is 22.2. The number of halogens is 4. The summed E-state index contributed by atoms with van der Waals surface area (Å²) in [7, 11) is 0. The highest BCUT2D eigenvalue weighted by Gasteiger charge is 2.60. The molecule has 28 heavy (non-hydrogen) atoms. The zero-order valence-corrected chi connectivity index (χ0v) is 16.1. The molecule has 0 bridgehead atoms. The van der Waals surface area contributed by atoms with E-state index in [4.69, 9.17) is 16.3 Å². The summed E-state index contributed by atoms with van der Waals surface area (Å²) >= 11 is 5.43. The Morgan fingerprint density at radius 3 is 2.39 bits per heavy atom. The van der Waals surface area contributed by atoms with E-state index in [1.807, 2.05) is 44.2 Å². The molecule has 2 aromatic rings. The minimum atomic E-state index is -4.57. The van der Waals surface area contributed by atoms with Crippen LogP contribution in [0, 0.1) is 28.6 Å². The first-order valence-electron chi connectivity index (χ1n) is 8.81. The Kier molecular flexibility index (Phi) is 5.45. The summed E-state index contributed by atoms with van der Waals surface area (Å²) in [5.74, 6) is -0.0145. The van der Waals surface area contributed by atoms with Gasteiger partial charge < -0.3 is 4.74 Å². The Morgan fingerprint density at radius 1 is 1.14 bits per heavy atom. The number of rotatable bonds is 5. The lowest BCUT2D eigenvalue weighted by Gasteiger charge is -2.13. The summed E-state index contributed by atoms with van der Waals surface area (Å²) < 4.78 is 44.2. The molecule has 146 valence electrons. The van der Waals surface area contributed by atoms with Crippen LogP contribution in [-0.4, -0.2) is 6.18 Å².